The van der Waals surface area contributed by atoms with E-state index in [1.165, 1.54) is 11.0 Å². The summed E-state index contributed by atoms with van der Waals surface area (Å²) in [6, 6.07) is 6.21. The Hall–Kier alpha value is -1.36. The second kappa shape index (κ2) is 2.94. The zero-order valence-corrected chi connectivity index (χ0v) is 7.05. The number of hydrogen-bond acceptors (Lipinski definition) is 1. The fourth-order valence-corrected chi connectivity index (χ4v) is 1.31. The van der Waals surface area contributed by atoms with Crippen molar-refractivity contribution in [3.05, 3.63) is 23.8 Å². The van der Waals surface area contributed by atoms with Crippen molar-refractivity contribution in [3.8, 4) is 17.6 Å². The first-order valence-corrected chi connectivity index (χ1v) is 4.04. The Morgan fingerprint density at radius 1 is 1.33 bits per heavy atom. The summed E-state index contributed by atoms with van der Waals surface area (Å²) < 4.78 is 5.43. The van der Waals surface area contributed by atoms with Crippen LogP contribution >= 0.6 is 0 Å². The van der Waals surface area contributed by atoms with E-state index >= 15 is 0 Å². The molecule has 12 heavy (non-hydrogen) atoms. The Morgan fingerprint density at radius 2 is 2.25 bits per heavy atom. The summed E-state index contributed by atoms with van der Waals surface area (Å²) in [6.07, 6.45) is 0.816. The van der Waals surface area contributed by atoms with Crippen LogP contribution in [0.2, 0.25) is 0 Å². The highest BCUT2D eigenvalue weighted by atomic mass is 16.5. The molecule has 58 valence electrons. The molecule has 2 rings (SSSR count). The van der Waals surface area contributed by atoms with E-state index in [2.05, 4.69) is 31.8 Å². The van der Waals surface area contributed by atoms with Crippen molar-refractivity contribution in [1.82, 2.24) is 0 Å². The lowest BCUT2D eigenvalue weighted by Crippen LogP contribution is -2.04. The lowest BCUT2D eigenvalue weighted by Gasteiger charge is -2.06. The minimum atomic E-state index is 0.524. The fraction of sp³-hybridized carbons (Fsp3) is 0.200. The van der Waals surface area contributed by atoms with E-state index in [4.69, 9.17) is 4.74 Å². The SMILES string of the molecule is Bc1ccc2c(c1)CC#CCO2. The van der Waals surface area contributed by atoms with Gasteiger partial charge in [0, 0.05) is 12.0 Å². The first kappa shape index (κ1) is 7.30. The highest BCUT2D eigenvalue weighted by Crippen LogP contribution is 2.17. The number of fused-ring (bicyclic) bond motifs is 1. The van der Waals surface area contributed by atoms with Crippen LogP contribution in [0.1, 0.15) is 5.56 Å². The van der Waals surface area contributed by atoms with Gasteiger partial charge < -0.3 is 4.74 Å². The van der Waals surface area contributed by atoms with Crippen molar-refractivity contribution in [2.24, 2.45) is 0 Å². The van der Waals surface area contributed by atoms with Crippen LogP contribution in [0.15, 0.2) is 18.2 Å². The van der Waals surface area contributed by atoms with Crippen molar-refractivity contribution >= 4 is 13.3 Å². The smallest absolute Gasteiger partial charge is 0.149 e. The summed E-state index contributed by atoms with van der Waals surface area (Å²) >= 11 is 0. The van der Waals surface area contributed by atoms with Crippen molar-refractivity contribution in [2.45, 2.75) is 6.42 Å². The molecule has 0 atom stereocenters. The number of benzene rings is 1. The molecule has 0 amide bonds. The summed E-state index contributed by atoms with van der Waals surface area (Å²) in [7, 11) is 2.08. The van der Waals surface area contributed by atoms with Crippen LogP contribution < -0.4 is 10.2 Å². The number of hydrogen-bond donors (Lipinski definition) is 0. The molecule has 1 aromatic carbocycles. The molecule has 1 heterocycles. The van der Waals surface area contributed by atoms with Crippen LogP contribution in [0, 0.1) is 11.8 Å². The Morgan fingerprint density at radius 3 is 3.17 bits per heavy atom. The van der Waals surface area contributed by atoms with Gasteiger partial charge in [0.2, 0.25) is 0 Å². The maximum absolute atomic E-state index is 5.43. The van der Waals surface area contributed by atoms with Gasteiger partial charge in [0.15, 0.2) is 0 Å². The molecule has 0 spiro atoms. The van der Waals surface area contributed by atoms with Crippen LogP contribution in [0.4, 0.5) is 0 Å². The molecule has 1 aromatic rings. The van der Waals surface area contributed by atoms with Gasteiger partial charge in [-0.2, -0.15) is 0 Å². The lowest BCUT2D eigenvalue weighted by atomic mass is 9.93. The average molecular weight is 156 g/mol. The van der Waals surface area contributed by atoms with Gasteiger partial charge in [0.25, 0.3) is 0 Å². The third-order valence-corrected chi connectivity index (χ3v) is 1.92. The number of ether oxygens (including phenoxy) is 1. The second-order valence-corrected chi connectivity index (χ2v) is 2.93. The largest absolute Gasteiger partial charge is 0.481 e. The molecule has 0 bridgehead atoms. The Labute approximate surface area is 73.1 Å². The second-order valence-electron chi connectivity index (χ2n) is 2.93. The van der Waals surface area contributed by atoms with E-state index in [1.807, 2.05) is 6.07 Å². The van der Waals surface area contributed by atoms with Crippen LogP contribution in [0.5, 0.6) is 5.75 Å². The molecule has 0 aromatic heterocycles. The van der Waals surface area contributed by atoms with Gasteiger partial charge in [-0.1, -0.05) is 29.4 Å². The molecule has 0 unspecified atom stereocenters. The van der Waals surface area contributed by atoms with Crippen molar-refractivity contribution in [3.63, 3.8) is 0 Å². The quantitative estimate of drug-likeness (QED) is 0.376. The van der Waals surface area contributed by atoms with Gasteiger partial charge in [-0.05, 0) is 6.07 Å². The summed E-state index contributed by atoms with van der Waals surface area (Å²) in [5.74, 6) is 6.97. The van der Waals surface area contributed by atoms with E-state index in [-0.39, 0.29) is 0 Å². The summed E-state index contributed by atoms with van der Waals surface area (Å²) in [5, 5.41) is 0. The van der Waals surface area contributed by atoms with Gasteiger partial charge in [0.1, 0.15) is 20.2 Å². The zero-order chi connectivity index (χ0) is 8.39. The van der Waals surface area contributed by atoms with E-state index < -0.39 is 0 Å². The minimum absolute atomic E-state index is 0.524. The molecule has 0 aliphatic carbocycles. The number of rotatable bonds is 0. The van der Waals surface area contributed by atoms with Gasteiger partial charge in [-0.25, -0.2) is 0 Å². The first-order valence-electron chi connectivity index (χ1n) is 4.04. The minimum Gasteiger partial charge on any atom is -0.481 e. The van der Waals surface area contributed by atoms with Crippen LogP contribution in [-0.4, -0.2) is 14.5 Å². The Kier molecular flexibility index (Phi) is 1.79. The zero-order valence-electron chi connectivity index (χ0n) is 7.05. The van der Waals surface area contributed by atoms with Crippen LogP contribution in [-0.2, 0) is 6.42 Å². The predicted molar refractivity (Wildman–Crippen MR) is 51.6 cm³/mol. The molecular formula is C10H9BO. The molecule has 2 heteroatoms. The van der Waals surface area contributed by atoms with E-state index in [0.717, 1.165) is 12.2 Å². The van der Waals surface area contributed by atoms with E-state index in [9.17, 15) is 0 Å². The molecule has 0 fully saturated rings. The van der Waals surface area contributed by atoms with Gasteiger partial charge in [-0.3, -0.25) is 0 Å². The van der Waals surface area contributed by atoms with Gasteiger partial charge >= 0.3 is 0 Å². The highest BCUT2D eigenvalue weighted by molar-refractivity contribution is 6.32. The molecule has 0 saturated carbocycles. The topological polar surface area (TPSA) is 9.23 Å². The van der Waals surface area contributed by atoms with E-state index in [0.29, 0.717) is 6.61 Å². The summed E-state index contributed by atoms with van der Waals surface area (Å²) in [6.45, 7) is 0.524. The molecule has 1 aliphatic heterocycles. The molecule has 1 nitrogen and oxygen atoms in total. The fourth-order valence-electron chi connectivity index (χ4n) is 1.31. The third-order valence-electron chi connectivity index (χ3n) is 1.92. The van der Waals surface area contributed by atoms with Gasteiger partial charge in [0.05, 0.1) is 0 Å². The molecule has 1 aliphatic rings. The maximum Gasteiger partial charge on any atom is 0.149 e. The van der Waals surface area contributed by atoms with Crippen LogP contribution in [0.3, 0.4) is 0 Å². The molecule has 0 radical (unpaired) electrons. The van der Waals surface area contributed by atoms with Crippen molar-refractivity contribution in [2.75, 3.05) is 6.61 Å². The van der Waals surface area contributed by atoms with Crippen molar-refractivity contribution < 1.29 is 4.74 Å². The standard InChI is InChI=1S/C10H9BO/c11-9-4-5-10-8(7-9)3-1-2-6-12-10/h4-5,7H,3,6,11H2. The Balaban J connectivity index is 2.44. The summed E-state index contributed by atoms with van der Waals surface area (Å²) in [4.78, 5) is 0. The average Bonchev–Trinajstić information content (AvgIpc) is 2.28. The third kappa shape index (κ3) is 1.31. The lowest BCUT2D eigenvalue weighted by molar-refractivity contribution is 0.369. The predicted octanol–water partition coefficient (Wildman–Crippen LogP) is -0.117. The Bertz CT molecular complexity index is 360. The van der Waals surface area contributed by atoms with Crippen molar-refractivity contribution in [1.29, 1.82) is 0 Å². The molecule has 0 N–H and O–H groups in total. The molecular weight excluding hydrogens is 147 g/mol. The van der Waals surface area contributed by atoms with Crippen LogP contribution in [0.25, 0.3) is 0 Å². The van der Waals surface area contributed by atoms with E-state index in [1.54, 1.807) is 0 Å². The maximum atomic E-state index is 5.43. The first-order chi connectivity index (χ1) is 5.86. The molecule has 0 saturated heterocycles. The normalized spacial score (nSPS) is 13.3. The monoisotopic (exact) mass is 156 g/mol. The van der Waals surface area contributed by atoms with Gasteiger partial charge in [-0.15, -0.1) is 0 Å². The summed E-state index contributed by atoms with van der Waals surface area (Å²) in [5.41, 5.74) is 2.47. The highest BCUT2D eigenvalue weighted by Gasteiger charge is 2.03.